The van der Waals surface area contributed by atoms with Crippen LogP contribution in [0.25, 0.3) is 0 Å². The monoisotopic (exact) mass is 1270 g/mol. The number of carbonyl (C=O) groups excluding carboxylic acids is 4. The van der Waals surface area contributed by atoms with Crippen molar-refractivity contribution in [3.05, 3.63) is 0 Å². The largest absolute Gasteiger partial charge is 0.472 e. The molecule has 6 atom stereocenters. The molecular formula is C67H130O17P2. The van der Waals surface area contributed by atoms with Gasteiger partial charge in [0.1, 0.15) is 19.3 Å². The van der Waals surface area contributed by atoms with Crippen LogP contribution in [-0.4, -0.2) is 96.7 Å². The lowest BCUT2D eigenvalue weighted by molar-refractivity contribution is -0.161. The molecule has 0 aromatic heterocycles. The van der Waals surface area contributed by atoms with Crippen LogP contribution in [-0.2, 0) is 65.4 Å². The Hall–Kier alpha value is -1.94. The molecule has 3 N–H and O–H groups in total. The zero-order valence-corrected chi connectivity index (χ0v) is 57.7. The molecule has 0 aliphatic rings. The van der Waals surface area contributed by atoms with E-state index in [0.717, 1.165) is 108 Å². The second-order valence-electron chi connectivity index (χ2n) is 25.9. The Balaban J connectivity index is 5.24. The lowest BCUT2D eigenvalue weighted by atomic mass is 9.99. The summed E-state index contributed by atoms with van der Waals surface area (Å²) in [5.74, 6) is 0.803. The standard InChI is InChI=1S/C67H130O17P2/c1-9-60(8)46-38-30-21-14-10-11-15-22-31-39-47-64(69)77-53-62(83-66(71)49-41-33-24-16-12-13-19-27-35-43-57(2)3)55-81-85(73,74)79-51-61(68)52-80-86(75,76)82-56-63(84-67(72)50-42-34-26-25-29-37-45-59(6)7)54-78-65(70)48-40-32-23-18-17-20-28-36-44-58(4)5/h57-63,68H,9-56H2,1-8H3,(H,73,74)(H,75,76)/t60?,61?,62-,63-/m1/s1. The molecule has 0 bridgehead atoms. The van der Waals surface area contributed by atoms with Gasteiger partial charge in [0.2, 0.25) is 0 Å². The molecule has 0 amide bonds. The van der Waals surface area contributed by atoms with Gasteiger partial charge in [0, 0.05) is 25.7 Å². The van der Waals surface area contributed by atoms with Crippen LogP contribution < -0.4 is 0 Å². The third-order valence-electron chi connectivity index (χ3n) is 15.7. The normalized spacial score (nSPS) is 14.7. The van der Waals surface area contributed by atoms with Gasteiger partial charge >= 0.3 is 39.5 Å². The van der Waals surface area contributed by atoms with Crippen LogP contribution in [0, 0.1) is 23.7 Å². The number of esters is 4. The highest BCUT2D eigenvalue weighted by atomic mass is 31.2. The average Bonchev–Trinajstić information content (AvgIpc) is 3.61. The third-order valence-corrected chi connectivity index (χ3v) is 17.6. The molecule has 19 heteroatoms. The second-order valence-corrected chi connectivity index (χ2v) is 28.8. The van der Waals surface area contributed by atoms with Crippen LogP contribution in [0.2, 0.25) is 0 Å². The van der Waals surface area contributed by atoms with Gasteiger partial charge in [-0.3, -0.25) is 37.3 Å². The first-order chi connectivity index (χ1) is 41.1. The number of hydrogen-bond acceptors (Lipinski definition) is 15. The maximum absolute atomic E-state index is 13.0. The van der Waals surface area contributed by atoms with Crippen LogP contribution in [0.15, 0.2) is 0 Å². The van der Waals surface area contributed by atoms with Gasteiger partial charge in [-0.15, -0.1) is 0 Å². The minimum Gasteiger partial charge on any atom is -0.462 e. The Morgan fingerprint density at radius 2 is 0.558 bits per heavy atom. The number of hydrogen-bond donors (Lipinski definition) is 3. The number of carbonyl (C=O) groups is 4. The molecule has 0 aliphatic heterocycles. The van der Waals surface area contributed by atoms with Crippen molar-refractivity contribution in [3.8, 4) is 0 Å². The van der Waals surface area contributed by atoms with Gasteiger partial charge < -0.3 is 33.8 Å². The number of phosphoric ester groups is 2. The average molecular weight is 1270 g/mol. The lowest BCUT2D eigenvalue weighted by Crippen LogP contribution is -2.30. The minimum atomic E-state index is -4.95. The van der Waals surface area contributed by atoms with Crippen LogP contribution in [0.4, 0.5) is 0 Å². The van der Waals surface area contributed by atoms with Gasteiger partial charge in [-0.25, -0.2) is 9.13 Å². The Morgan fingerprint density at radius 1 is 0.326 bits per heavy atom. The summed E-state index contributed by atoms with van der Waals surface area (Å²) in [5, 5.41) is 10.6. The predicted octanol–water partition coefficient (Wildman–Crippen LogP) is 18.5. The van der Waals surface area contributed by atoms with E-state index in [0.29, 0.717) is 31.6 Å². The van der Waals surface area contributed by atoms with E-state index in [4.69, 9.17) is 37.0 Å². The molecule has 0 fully saturated rings. The first-order valence-corrected chi connectivity index (χ1v) is 37.7. The molecular weight excluding hydrogens is 1140 g/mol. The van der Waals surface area contributed by atoms with E-state index in [-0.39, 0.29) is 25.7 Å². The Labute approximate surface area is 524 Å². The molecule has 4 unspecified atom stereocenters. The summed E-state index contributed by atoms with van der Waals surface area (Å²) < 4.78 is 68.1. The van der Waals surface area contributed by atoms with Gasteiger partial charge in [-0.05, 0) is 49.4 Å². The molecule has 0 rings (SSSR count). The zero-order chi connectivity index (χ0) is 63.9. The maximum atomic E-state index is 13.0. The number of ether oxygens (including phenoxy) is 4. The molecule has 0 aromatic rings. The highest BCUT2D eigenvalue weighted by molar-refractivity contribution is 7.47. The van der Waals surface area contributed by atoms with E-state index in [2.05, 4.69) is 55.4 Å². The highest BCUT2D eigenvalue weighted by Crippen LogP contribution is 2.45. The van der Waals surface area contributed by atoms with Crippen molar-refractivity contribution in [2.75, 3.05) is 39.6 Å². The molecule has 510 valence electrons. The highest BCUT2D eigenvalue weighted by Gasteiger charge is 2.30. The molecule has 0 aliphatic carbocycles. The van der Waals surface area contributed by atoms with E-state index in [9.17, 15) is 43.2 Å². The molecule has 86 heavy (non-hydrogen) atoms. The summed E-state index contributed by atoms with van der Waals surface area (Å²) >= 11 is 0. The third kappa shape index (κ3) is 59.7. The number of unbranched alkanes of at least 4 members (excludes halogenated alkanes) is 29. The fraction of sp³-hybridized carbons (Fsp3) is 0.940. The van der Waals surface area contributed by atoms with Crippen LogP contribution in [0.3, 0.4) is 0 Å². The van der Waals surface area contributed by atoms with Gasteiger partial charge in [0.15, 0.2) is 12.2 Å². The molecule has 0 heterocycles. The van der Waals surface area contributed by atoms with E-state index in [1.165, 1.54) is 128 Å². The summed E-state index contributed by atoms with van der Waals surface area (Å²) in [5.41, 5.74) is 0. The van der Waals surface area contributed by atoms with E-state index < -0.39 is 97.5 Å². The fourth-order valence-electron chi connectivity index (χ4n) is 9.93. The summed E-state index contributed by atoms with van der Waals surface area (Å²) in [4.78, 5) is 72.3. The van der Waals surface area contributed by atoms with E-state index in [1.807, 2.05) is 0 Å². The van der Waals surface area contributed by atoms with Crippen molar-refractivity contribution in [2.45, 2.75) is 343 Å². The Bertz CT molecular complexity index is 1720. The summed E-state index contributed by atoms with van der Waals surface area (Å²) in [6.07, 6.45) is 37.7. The second kappa shape index (κ2) is 57.0. The van der Waals surface area contributed by atoms with Crippen LogP contribution >= 0.6 is 15.6 Å². The molecule has 0 radical (unpaired) electrons. The summed E-state index contributed by atoms with van der Waals surface area (Å²) in [6.45, 7) is 14.0. The predicted molar refractivity (Wildman–Crippen MR) is 344 cm³/mol. The molecule has 0 spiro atoms. The van der Waals surface area contributed by atoms with Crippen molar-refractivity contribution < 1.29 is 80.2 Å². The lowest BCUT2D eigenvalue weighted by Gasteiger charge is -2.21. The number of aliphatic hydroxyl groups excluding tert-OH is 1. The zero-order valence-electron chi connectivity index (χ0n) is 55.9. The molecule has 17 nitrogen and oxygen atoms in total. The van der Waals surface area contributed by atoms with Crippen molar-refractivity contribution in [1.82, 2.24) is 0 Å². The van der Waals surface area contributed by atoms with Crippen LogP contribution in [0.1, 0.15) is 325 Å². The van der Waals surface area contributed by atoms with Crippen LogP contribution in [0.5, 0.6) is 0 Å². The van der Waals surface area contributed by atoms with E-state index in [1.54, 1.807) is 0 Å². The van der Waals surface area contributed by atoms with Crippen molar-refractivity contribution in [1.29, 1.82) is 0 Å². The number of aliphatic hydroxyl groups is 1. The van der Waals surface area contributed by atoms with Gasteiger partial charge in [0.25, 0.3) is 0 Å². The number of rotatable bonds is 64. The first-order valence-electron chi connectivity index (χ1n) is 34.7. The Kier molecular flexibility index (Phi) is 55.7. The van der Waals surface area contributed by atoms with Crippen molar-refractivity contribution in [2.24, 2.45) is 23.7 Å². The fourth-order valence-corrected chi connectivity index (χ4v) is 11.5. The minimum absolute atomic E-state index is 0.101. The Morgan fingerprint density at radius 3 is 0.826 bits per heavy atom. The smallest absolute Gasteiger partial charge is 0.462 e. The van der Waals surface area contributed by atoms with Crippen molar-refractivity contribution in [3.63, 3.8) is 0 Å². The molecule has 0 saturated heterocycles. The maximum Gasteiger partial charge on any atom is 0.472 e. The summed E-state index contributed by atoms with van der Waals surface area (Å²) in [7, 11) is -9.90. The van der Waals surface area contributed by atoms with E-state index >= 15 is 0 Å². The SMILES string of the molecule is CCC(C)CCCCCCCCCCCCC(=O)OC[C@H](COP(=O)(O)OCC(O)COP(=O)(O)OC[C@@H](COC(=O)CCCCCCCCCCC(C)C)OC(=O)CCCCCCCCC(C)C)OC(=O)CCCCCCCCCCCC(C)C. The first kappa shape index (κ1) is 84.1. The molecule has 0 aromatic carbocycles. The van der Waals surface area contributed by atoms with Gasteiger partial charge in [-0.2, -0.15) is 0 Å². The summed E-state index contributed by atoms with van der Waals surface area (Å²) in [6, 6.07) is 0. The van der Waals surface area contributed by atoms with Crippen molar-refractivity contribution >= 4 is 39.5 Å². The topological polar surface area (TPSA) is 237 Å². The number of phosphoric acid groups is 2. The van der Waals surface area contributed by atoms with Gasteiger partial charge in [0.05, 0.1) is 26.4 Å². The van der Waals surface area contributed by atoms with Gasteiger partial charge in [-0.1, -0.05) is 274 Å². The quantitative estimate of drug-likeness (QED) is 0.0222. The molecule has 0 saturated carbocycles.